The summed E-state index contributed by atoms with van der Waals surface area (Å²) < 4.78 is 11.2. The zero-order chi connectivity index (χ0) is 15.9. The Balaban J connectivity index is 2.17. The second-order valence-electron chi connectivity index (χ2n) is 5.01. The highest BCUT2D eigenvalue weighted by Gasteiger charge is 2.22. The molecule has 0 bridgehead atoms. The van der Waals surface area contributed by atoms with Crippen LogP contribution in [0.2, 0.25) is 0 Å². The average Bonchev–Trinajstić information content (AvgIpc) is 2.48. The van der Waals surface area contributed by atoms with Crippen molar-refractivity contribution in [2.75, 3.05) is 6.61 Å². The lowest BCUT2D eigenvalue weighted by molar-refractivity contribution is -0.145. The molecule has 0 aliphatic heterocycles. The number of rotatable bonds is 7. The van der Waals surface area contributed by atoms with E-state index in [0.717, 1.165) is 11.1 Å². The summed E-state index contributed by atoms with van der Waals surface area (Å²) in [5, 5.41) is 9.42. The third-order valence-electron chi connectivity index (χ3n) is 3.22. The number of para-hydroxylation sites is 1. The second-order valence-corrected chi connectivity index (χ2v) is 5.01. The maximum absolute atomic E-state index is 11.5. The SMILES string of the molecule is CCOc1ccccc1C[C@@H](Oc1cccc(C)c1)C(=O)O. The minimum atomic E-state index is -0.993. The van der Waals surface area contributed by atoms with Gasteiger partial charge in [0, 0.05) is 6.42 Å². The summed E-state index contributed by atoms with van der Waals surface area (Å²) in [7, 11) is 0. The molecule has 0 aromatic heterocycles. The van der Waals surface area contributed by atoms with Crippen molar-refractivity contribution in [2.45, 2.75) is 26.4 Å². The first-order valence-electron chi connectivity index (χ1n) is 7.27. The first kappa shape index (κ1) is 15.9. The Labute approximate surface area is 130 Å². The van der Waals surface area contributed by atoms with E-state index in [4.69, 9.17) is 9.47 Å². The van der Waals surface area contributed by atoms with Gasteiger partial charge in [0.1, 0.15) is 11.5 Å². The predicted octanol–water partition coefficient (Wildman–Crippen LogP) is 3.47. The number of aliphatic carboxylic acids is 1. The summed E-state index contributed by atoms with van der Waals surface area (Å²) in [4.78, 5) is 11.5. The van der Waals surface area contributed by atoms with Crippen LogP contribution in [0, 0.1) is 6.92 Å². The molecule has 0 aliphatic carbocycles. The molecular formula is C18H20O4. The third-order valence-corrected chi connectivity index (χ3v) is 3.22. The maximum atomic E-state index is 11.5. The summed E-state index contributed by atoms with van der Waals surface area (Å²) in [6.45, 7) is 4.37. The highest BCUT2D eigenvalue weighted by molar-refractivity contribution is 5.73. The molecular weight excluding hydrogens is 280 g/mol. The van der Waals surface area contributed by atoms with Crippen molar-refractivity contribution in [1.82, 2.24) is 0 Å². The van der Waals surface area contributed by atoms with E-state index in [1.54, 1.807) is 6.07 Å². The monoisotopic (exact) mass is 300 g/mol. The Hall–Kier alpha value is -2.49. The van der Waals surface area contributed by atoms with Crippen molar-refractivity contribution in [3.05, 3.63) is 59.7 Å². The fourth-order valence-corrected chi connectivity index (χ4v) is 2.20. The van der Waals surface area contributed by atoms with Gasteiger partial charge in [-0.15, -0.1) is 0 Å². The Bertz CT molecular complexity index is 636. The lowest BCUT2D eigenvalue weighted by atomic mass is 10.1. The second kappa shape index (κ2) is 7.50. The number of hydrogen-bond acceptors (Lipinski definition) is 3. The number of carboxylic acids is 1. The van der Waals surface area contributed by atoms with Gasteiger partial charge < -0.3 is 14.6 Å². The molecule has 2 aromatic rings. The van der Waals surface area contributed by atoms with Crippen LogP contribution in [0.25, 0.3) is 0 Å². The highest BCUT2D eigenvalue weighted by Crippen LogP contribution is 2.22. The molecule has 0 saturated carbocycles. The topological polar surface area (TPSA) is 55.8 Å². The van der Waals surface area contributed by atoms with Gasteiger partial charge in [-0.25, -0.2) is 4.79 Å². The van der Waals surface area contributed by atoms with Crippen LogP contribution in [0.1, 0.15) is 18.1 Å². The van der Waals surface area contributed by atoms with Gasteiger partial charge in [0.2, 0.25) is 0 Å². The summed E-state index contributed by atoms with van der Waals surface area (Å²) in [5.41, 5.74) is 1.85. The number of ether oxygens (including phenoxy) is 2. The van der Waals surface area contributed by atoms with E-state index in [9.17, 15) is 9.90 Å². The number of carbonyl (C=O) groups is 1. The highest BCUT2D eigenvalue weighted by atomic mass is 16.5. The minimum absolute atomic E-state index is 0.249. The Morgan fingerprint density at radius 1 is 1.18 bits per heavy atom. The molecule has 0 aliphatic rings. The first-order chi connectivity index (χ1) is 10.6. The molecule has 4 heteroatoms. The molecule has 0 fully saturated rings. The minimum Gasteiger partial charge on any atom is -0.494 e. The summed E-state index contributed by atoms with van der Waals surface area (Å²) in [5.74, 6) is 0.262. The molecule has 0 heterocycles. The normalized spacial score (nSPS) is 11.7. The fourth-order valence-electron chi connectivity index (χ4n) is 2.20. The van der Waals surface area contributed by atoms with Crippen molar-refractivity contribution in [3.8, 4) is 11.5 Å². The van der Waals surface area contributed by atoms with Gasteiger partial charge in [0.05, 0.1) is 6.61 Å². The van der Waals surface area contributed by atoms with Crippen molar-refractivity contribution < 1.29 is 19.4 Å². The third kappa shape index (κ3) is 4.25. The molecule has 4 nitrogen and oxygen atoms in total. The largest absolute Gasteiger partial charge is 0.494 e. The maximum Gasteiger partial charge on any atom is 0.345 e. The van der Waals surface area contributed by atoms with Crippen LogP contribution in [0.3, 0.4) is 0 Å². The molecule has 1 N–H and O–H groups in total. The molecule has 2 rings (SSSR count). The Kier molecular flexibility index (Phi) is 5.42. The number of benzene rings is 2. The van der Waals surface area contributed by atoms with Crippen LogP contribution in [0.15, 0.2) is 48.5 Å². The molecule has 0 radical (unpaired) electrons. The number of hydrogen-bond donors (Lipinski definition) is 1. The Morgan fingerprint density at radius 2 is 1.95 bits per heavy atom. The van der Waals surface area contributed by atoms with Crippen molar-refractivity contribution in [3.63, 3.8) is 0 Å². The van der Waals surface area contributed by atoms with E-state index in [2.05, 4.69) is 0 Å². The van der Waals surface area contributed by atoms with Gasteiger partial charge in [-0.05, 0) is 43.2 Å². The van der Waals surface area contributed by atoms with E-state index < -0.39 is 12.1 Å². The van der Waals surface area contributed by atoms with Crippen molar-refractivity contribution >= 4 is 5.97 Å². The quantitative estimate of drug-likeness (QED) is 0.850. The molecule has 0 amide bonds. The van der Waals surface area contributed by atoms with Gasteiger partial charge in [0.25, 0.3) is 0 Å². The lowest BCUT2D eigenvalue weighted by Crippen LogP contribution is -2.29. The molecule has 116 valence electrons. The van der Waals surface area contributed by atoms with E-state index in [-0.39, 0.29) is 6.42 Å². The van der Waals surface area contributed by atoms with Gasteiger partial charge in [0.15, 0.2) is 6.10 Å². The number of carboxylic acid groups (broad SMARTS) is 1. The summed E-state index contributed by atoms with van der Waals surface area (Å²) in [6.07, 6.45) is -0.706. The predicted molar refractivity (Wildman–Crippen MR) is 84.5 cm³/mol. The first-order valence-corrected chi connectivity index (χ1v) is 7.27. The zero-order valence-corrected chi connectivity index (χ0v) is 12.8. The van der Waals surface area contributed by atoms with Crippen LogP contribution in [0.5, 0.6) is 11.5 Å². The van der Waals surface area contributed by atoms with Gasteiger partial charge in [-0.2, -0.15) is 0 Å². The van der Waals surface area contributed by atoms with Crippen molar-refractivity contribution in [1.29, 1.82) is 0 Å². The molecule has 2 aromatic carbocycles. The van der Waals surface area contributed by atoms with Crippen LogP contribution in [0.4, 0.5) is 0 Å². The van der Waals surface area contributed by atoms with Gasteiger partial charge >= 0.3 is 5.97 Å². The van der Waals surface area contributed by atoms with E-state index in [1.165, 1.54) is 0 Å². The van der Waals surface area contributed by atoms with E-state index in [0.29, 0.717) is 18.1 Å². The van der Waals surface area contributed by atoms with Crippen LogP contribution < -0.4 is 9.47 Å². The molecule has 0 unspecified atom stereocenters. The lowest BCUT2D eigenvalue weighted by Gasteiger charge is -2.17. The van der Waals surface area contributed by atoms with Crippen LogP contribution in [-0.4, -0.2) is 23.8 Å². The van der Waals surface area contributed by atoms with Crippen LogP contribution >= 0.6 is 0 Å². The van der Waals surface area contributed by atoms with E-state index in [1.807, 2.05) is 56.3 Å². The smallest absolute Gasteiger partial charge is 0.345 e. The molecule has 0 spiro atoms. The average molecular weight is 300 g/mol. The molecule has 0 saturated heterocycles. The zero-order valence-electron chi connectivity index (χ0n) is 12.8. The van der Waals surface area contributed by atoms with Crippen molar-refractivity contribution in [2.24, 2.45) is 0 Å². The number of aryl methyl sites for hydroxylation is 1. The van der Waals surface area contributed by atoms with Crippen LogP contribution in [-0.2, 0) is 11.2 Å². The van der Waals surface area contributed by atoms with Gasteiger partial charge in [-0.1, -0.05) is 30.3 Å². The molecule has 1 atom stereocenters. The Morgan fingerprint density at radius 3 is 2.64 bits per heavy atom. The van der Waals surface area contributed by atoms with Gasteiger partial charge in [-0.3, -0.25) is 0 Å². The molecule has 22 heavy (non-hydrogen) atoms. The summed E-state index contributed by atoms with van der Waals surface area (Å²) in [6, 6.07) is 14.8. The fraction of sp³-hybridized carbons (Fsp3) is 0.278. The summed E-state index contributed by atoms with van der Waals surface area (Å²) >= 11 is 0. The standard InChI is InChI=1S/C18H20O4/c1-3-21-16-10-5-4-8-14(16)12-17(18(19)20)22-15-9-6-7-13(2)11-15/h4-11,17H,3,12H2,1-2H3,(H,19,20)/t17-/m1/s1. The van der Waals surface area contributed by atoms with E-state index >= 15 is 0 Å².